The molecule has 0 N–H and O–H groups in total. The van der Waals surface area contributed by atoms with Gasteiger partial charge in [0.15, 0.2) is 6.61 Å². The Bertz CT molecular complexity index is 662. The van der Waals surface area contributed by atoms with Crippen molar-refractivity contribution in [1.82, 2.24) is 0 Å². The zero-order valence-electron chi connectivity index (χ0n) is 10.00. The van der Waals surface area contributed by atoms with Crippen molar-refractivity contribution in [1.29, 1.82) is 0 Å². The summed E-state index contributed by atoms with van der Waals surface area (Å²) in [4.78, 5) is 11.8. The number of hydrogen-bond donors (Lipinski definition) is 0. The Labute approximate surface area is 127 Å². The molecule has 0 heterocycles. The van der Waals surface area contributed by atoms with E-state index in [0.717, 1.165) is 18.2 Å². The molecule has 104 valence electrons. The highest BCUT2D eigenvalue weighted by Gasteiger charge is 2.14. The molecular formula is C14H8BrClF2O2. The van der Waals surface area contributed by atoms with E-state index in [1.807, 2.05) is 0 Å². The van der Waals surface area contributed by atoms with E-state index in [1.54, 1.807) is 18.2 Å². The predicted molar refractivity (Wildman–Crippen MR) is 75.3 cm³/mol. The molecule has 0 amide bonds. The van der Waals surface area contributed by atoms with Crippen molar-refractivity contribution < 1.29 is 18.3 Å². The minimum absolute atomic E-state index is 0.338. The van der Waals surface area contributed by atoms with Gasteiger partial charge >= 0.3 is 0 Å². The van der Waals surface area contributed by atoms with E-state index in [9.17, 15) is 13.6 Å². The minimum Gasteiger partial charge on any atom is -0.484 e. The number of ketones is 1. The molecule has 0 aliphatic carbocycles. The Hall–Kier alpha value is -1.46. The molecule has 0 bridgehead atoms. The fourth-order valence-electron chi connectivity index (χ4n) is 1.52. The molecule has 2 nitrogen and oxygen atoms in total. The van der Waals surface area contributed by atoms with Crippen LogP contribution in [0.15, 0.2) is 40.9 Å². The van der Waals surface area contributed by atoms with Crippen LogP contribution in [0.3, 0.4) is 0 Å². The number of carbonyl (C=O) groups is 1. The van der Waals surface area contributed by atoms with Crippen LogP contribution in [0.25, 0.3) is 0 Å². The molecular weight excluding hydrogens is 354 g/mol. The van der Waals surface area contributed by atoms with Gasteiger partial charge in [0, 0.05) is 5.02 Å². The van der Waals surface area contributed by atoms with Gasteiger partial charge in [-0.3, -0.25) is 4.79 Å². The zero-order valence-corrected chi connectivity index (χ0v) is 12.3. The quantitative estimate of drug-likeness (QED) is 0.742. The molecule has 0 aliphatic heterocycles. The van der Waals surface area contributed by atoms with E-state index in [-0.39, 0.29) is 5.56 Å². The highest BCUT2D eigenvalue weighted by Crippen LogP contribution is 2.28. The molecule has 20 heavy (non-hydrogen) atoms. The van der Waals surface area contributed by atoms with Gasteiger partial charge in [-0.2, -0.15) is 0 Å². The van der Waals surface area contributed by atoms with Gasteiger partial charge in [0.2, 0.25) is 5.78 Å². The van der Waals surface area contributed by atoms with Crippen LogP contribution in [0.1, 0.15) is 10.4 Å². The van der Waals surface area contributed by atoms with Gasteiger partial charge in [0.25, 0.3) is 0 Å². The van der Waals surface area contributed by atoms with Crippen LogP contribution in [0.4, 0.5) is 8.78 Å². The molecule has 0 radical (unpaired) electrons. The van der Waals surface area contributed by atoms with Gasteiger partial charge in [-0.05, 0) is 52.3 Å². The third kappa shape index (κ3) is 3.55. The molecule has 0 saturated carbocycles. The van der Waals surface area contributed by atoms with E-state index >= 15 is 0 Å². The van der Waals surface area contributed by atoms with Gasteiger partial charge < -0.3 is 4.74 Å². The average molecular weight is 362 g/mol. The van der Waals surface area contributed by atoms with Crippen LogP contribution in [0.5, 0.6) is 5.75 Å². The summed E-state index contributed by atoms with van der Waals surface area (Å²) in [7, 11) is 0. The number of benzene rings is 2. The monoisotopic (exact) mass is 360 g/mol. The highest BCUT2D eigenvalue weighted by atomic mass is 79.9. The topological polar surface area (TPSA) is 26.3 Å². The number of rotatable bonds is 4. The second-order valence-electron chi connectivity index (χ2n) is 3.91. The van der Waals surface area contributed by atoms with Gasteiger partial charge in [-0.1, -0.05) is 11.6 Å². The lowest BCUT2D eigenvalue weighted by atomic mass is 10.1. The summed E-state index contributed by atoms with van der Waals surface area (Å²) in [5.41, 5.74) is -0.338. The SMILES string of the molecule is O=C(COc1ccc(Cl)cc1Br)c1cc(F)ccc1F. The summed E-state index contributed by atoms with van der Waals surface area (Å²) in [6.45, 7) is -0.402. The summed E-state index contributed by atoms with van der Waals surface area (Å²) in [6, 6.07) is 7.46. The molecule has 0 atom stereocenters. The van der Waals surface area contributed by atoms with Crippen molar-refractivity contribution in [3.05, 3.63) is 63.1 Å². The van der Waals surface area contributed by atoms with Gasteiger partial charge in [0.1, 0.15) is 17.4 Å². The van der Waals surface area contributed by atoms with Crippen molar-refractivity contribution in [2.45, 2.75) is 0 Å². The fraction of sp³-hybridized carbons (Fsp3) is 0.0714. The maximum Gasteiger partial charge on any atom is 0.203 e. The van der Waals surface area contributed by atoms with Crippen molar-refractivity contribution in [2.75, 3.05) is 6.61 Å². The summed E-state index contributed by atoms with van der Waals surface area (Å²) >= 11 is 8.99. The van der Waals surface area contributed by atoms with E-state index in [2.05, 4.69) is 15.9 Å². The van der Waals surface area contributed by atoms with Crippen molar-refractivity contribution >= 4 is 33.3 Å². The molecule has 0 saturated heterocycles. The molecule has 2 rings (SSSR count). The molecule has 0 aliphatic rings. The predicted octanol–water partition coefficient (Wildman–Crippen LogP) is 4.64. The first-order chi connectivity index (χ1) is 9.47. The first-order valence-corrected chi connectivity index (χ1v) is 6.70. The molecule has 0 fully saturated rings. The Morgan fingerprint density at radius 3 is 2.65 bits per heavy atom. The third-order valence-electron chi connectivity index (χ3n) is 2.48. The van der Waals surface area contributed by atoms with E-state index in [1.165, 1.54) is 0 Å². The van der Waals surface area contributed by atoms with Gasteiger partial charge in [0.05, 0.1) is 10.0 Å². The second-order valence-corrected chi connectivity index (χ2v) is 5.20. The summed E-state index contributed by atoms with van der Waals surface area (Å²) in [6.07, 6.45) is 0. The maximum atomic E-state index is 13.4. The fourth-order valence-corrected chi connectivity index (χ4v) is 2.32. The van der Waals surface area contributed by atoms with E-state index < -0.39 is 24.0 Å². The molecule has 6 heteroatoms. The van der Waals surface area contributed by atoms with Crippen LogP contribution in [-0.4, -0.2) is 12.4 Å². The summed E-state index contributed by atoms with van der Waals surface area (Å²) in [5.74, 6) is -1.72. The normalized spacial score (nSPS) is 10.4. The molecule has 2 aromatic rings. The smallest absolute Gasteiger partial charge is 0.203 e. The van der Waals surface area contributed by atoms with Crippen molar-refractivity contribution in [3.8, 4) is 5.75 Å². The molecule has 0 aromatic heterocycles. The van der Waals surface area contributed by atoms with Crippen molar-refractivity contribution in [3.63, 3.8) is 0 Å². The first-order valence-electron chi connectivity index (χ1n) is 5.53. The minimum atomic E-state index is -0.782. The molecule has 2 aromatic carbocycles. The van der Waals surface area contributed by atoms with Crippen LogP contribution in [0, 0.1) is 11.6 Å². The number of hydrogen-bond acceptors (Lipinski definition) is 2. The summed E-state index contributed by atoms with van der Waals surface area (Å²) in [5, 5.41) is 0.506. The standard InChI is InChI=1S/C14H8BrClF2O2/c15-11-5-8(16)1-4-14(11)20-7-13(19)10-6-9(17)2-3-12(10)18/h1-6H,7H2. The Morgan fingerprint density at radius 2 is 1.95 bits per heavy atom. The lowest BCUT2D eigenvalue weighted by molar-refractivity contribution is 0.0916. The number of Topliss-reactive ketones (excluding diaryl/α,β-unsaturated/α-hetero) is 1. The Kier molecular flexibility index (Phi) is 4.73. The molecule has 0 unspecified atom stereocenters. The van der Waals surface area contributed by atoms with E-state index in [0.29, 0.717) is 15.2 Å². The van der Waals surface area contributed by atoms with Crippen LogP contribution in [-0.2, 0) is 0 Å². The van der Waals surface area contributed by atoms with Crippen LogP contribution in [0.2, 0.25) is 5.02 Å². The third-order valence-corrected chi connectivity index (χ3v) is 3.34. The number of carbonyl (C=O) groups excluding carboxylic acids is 1. The zero-order chi connectivity index (χ0) is 14.7. The Morgan fingerprint density at radius 1 is 1.20 bits per heavy atom. The number of halogens is 4. The van der Waals surface area contributed by atoms with Crippen LogP contribution >= 0.6 is 27.5 Å². The van der Waals surface area contributed by atoms with Gasteiger partial charge in [-0.15, -0.1) is 0 Å². The highest BCUT2D eigenvalue weighted by molar-refractivity contribution is 9.10. The van der Waals surface area contributed by atoms with Crippen molar-refractivity contribution in [2.24, 2.45) is 0 Å². The summed E-state index contributed by atoms with van der Waals surface area (Å²) < 4.78 is 32.2. The lowest BCUT2D eigenvalue weighted by Crippen LogP contribution is -2.13. The largest absolute Gasteiger partial charge is 0.484 e. The Balaban J connectivity index is 2.10. The van der Waals surface area contributed by atoms with Crippen LogP contribution < -0.4 is 4.74 Å². The van der Waals surface area contributed by atoms with Gasteiger partial charge in [-0.25, -0.2) is 8.78 Å². The second kappa shape index (κ2) is 6.33. The first kappa shape index (κ1) is 14.9. The lowest BCUT2D eigenvalue weighted by Gasteiger charge is -2.08. The number of ether oxygens (including phenoxy) is 1. The molecule has 0 spiro atoms. The average Bonchev–Trinajstić information content (AvgIpc) is 2.40. The maximum absolute atomic E-state index is 13.4. The van der Waals surface area contributed by atoms with E-state index in [4.69, 9.17) is 16.3 Å².